The van der Waals surface area contributed by atoms with Crippen molar-refractivity contribution in [3.05, 3.63) is 107 Å². The molecular weight excluding hydrogens is 486 g/mol. The van der Waals surface area contributed by atoms with Crippen LogP contribution in [-0.4, -0.2) is 43.8 Å². The van der Waals surface area contributed by atoms with E-state index >= 15 is 0 Å². The third-order valence-corrected chi connectivity index (χ3v) is 6.28. The summed E-state index contributed by atoms with van der Waals surface area (Å²) in [5.41, 5.74) is 5.41. The van der Waals surface area contributed by atoms with Crippen molar-refractivity contribution < 1.29 is 29.7 Å². The number of amides is 2. The lowest BCUT2D eigenvalue weighted by atomic mass is 9.94. The highest BCUT2D eigenvalue weighted by molar-refractivity contribution is 5.82. The summed E-state index contributed by atoms with van der Waals surface area (Å²) in [4.78, 5) is 29.9. The van der Waals surface area contributed by atoms with Crippen LogP contribution in [0, 0.1) is 12.8 Å². The van der Waals surface area contributed by atoms with Gasteiger partial charge in [-0.2, -0.15) is 0 Å². The molecule has 9 nitrogen and oxygen atoms in total. The van der Waals surface area contributed by atoms with Crippen molar-refractivity contribution in [3.63, 3.8) is 0 Å². The average molecular weight is 516 g/mol. The molecular formula is C29H29N3O6. The van der Waals surface area contributed by atoms with Crippen LogP contribution in [0.2, 0.25) is 0 Å². The molecule has 2 unspecified atom stereocenters. The second-order valence-electron chi connectivity index (χ2n) is 8.97. The van der Waals surface area contributed by atoms with Gasteiger partial charge in [0.05, 0.1) is 17.5 Å². The first-order valence-electron chi connectivity index (χ1n) is 12.1. The highest BCUT2D eigenvalue weighted by atomic mass is 16.5. The van der Waals surface area contributed by atoms with E-state index in [1.54, 1.807) is 54.0 Å². The van der Waals surface area contributed by atoms with Gasteiger partial charge in [-0.15, -0.1) is 0 Å². The molecule has 0 spiro atoms. The van der Waals surface area contributed by atoms with Crippen LogP contribution >= 0.6 is 0 Å². The molecule has 9 heteroatoms. The summed E-state index contributed by atoms with van der Waals surface area (Å²) in [7, 11) is 0. The summed E-state index contributed by atoms with van der Waals surface area (Å²) in [5, 5.41) is 30.9. The maximum absolute atomic E-state index is 12.4. The van der Waals surface area contributed by atoms with E-state index in [0.29, 0.717) is 17.9 Å². The number of carboxylic acid groups (broad SMARTS) is 1. The zero-order valence-electron chi connectivity index (χ0n) is 20.8. The summed E-state index contributed by atoms with van der Waals surface area (Å²) in [6.07, 6.45) is -2.62. The predicted molar refractivity (Wildman–Crippen MR) is 141 cm³/mol. The maximum atomic E-state index is 12.4. The fourth-order valence-electron chi connectivity index (χ4n) is 4.33. The molecule has 0 aliphatic heterocycles. The fraction of sp³-hybridized carbons (Fsp3) is 0.207. The van der Waals surface area contributed by atoms with E-state index in [9.17, 15) is 25.0 Å². The van der Waals surface area contributed by atoms with Gasteiger partial charge in [-0.05, 0) is 42.3 Å². The minimum Gasteiger partial charge on any atom is -0.489 e. The van der Waals surface area contributed by atoms with Gasteiger partial charge >= 0.3 is 6.09 Å². The molecule has 0 radical (unpaired) electrons. The maximum Gasteiger partial charge on any atom is 0.407 e. The molecule has 0 saturated heterocycles. The summed E-state index contributed by atoms with van der Waals surface area (Å²) >= 11 is 0. The molecule has 196 valence electrons. The molecule has 3 aromatic carbocycles. The number of aliphatic hydroxyl groups excluding tert-OH is 1. The lowest BCUT2D eigenvalue weighted by molar-refractivity contribution is -0.138. The Bertz CT molecular complexity index is 1390. The molecule has 38 heavy (non-hydrogen) atoms. The Kier molecular flexibility index (Phi) is 8.52. The van der Waals surface area contributed by atoms with Crippen LogP contribution in [0.3, 0.4) is 0 Å². The van der Waals surface area contributed by atoms with Gasteiger partial charge in [0, 0.05) is 29.7 Å². The summed E-state index contributed by atoms with van der Waals surface area (Å²) in [6, 6.07) is 25.3. The van der Waals surface area contributed by atoms with Gasteiger partial charge in [-0.25, -0.2) is 10.3 Å². The van der Waals surface area contributed by atoms with Gasteiger partial charge in [-0.3, -0.25) is 15.0 Å². The van der Waals surface area contributed by atoms with Gasteiger partial charge in [0.2, 0.25) is 0 Å². The molecule has 0 aliphatic carbocycles. The Morgan fingerprint density at radius 2 is 1.68 bits per heavy atom. The standard InChI is InChI=1S/C29H29N3O6/c1-19-15-22(24-9-5-6-10-26(24)30-19)18-38-23-13-11-21(12-14-23)27(33)25(28(34)31-37)17-32(29(35)36)16-20-7-3-2-4-8-20/h2-15,25,27,33,37H,16-18H2,1H3,(H,31,34)(H,35,36). The van der Waals surface area contributed by atoms with Crippen LogP contribution in [0.1, 0.15) is 28.5 Å². The van der Waals surface area contributed by atoms with E-state index in [0.717, 1.165) is 32.6 Å². The Morgan fingerprint density at radius 3 is 2.37 bits per heavy atom. The SMILES string of the molecule is Cc1cc(COc2ccc(C(O)C(CN(Cc3ccccc3)C(=O)O)C(=O)NO)cc2)c2ccccc2n1. The summed E-state index contributed by atoms with van der Waals surface area (Å²) in [6.45, 7) is 1.93. The normalized spacial score (nSPS) is 12.5. The lowest BCUT2D eigenvalue weighted by Crippen LogP contribution is -2.42. The van der Waals surface area contributed by atoms with Crippen LogP contribution in [0.4, 0.5) is 4.79 Å². The number of aromatic nitrogens is 1. The molecule has 0 bridgehead atoms. The monoisotopic (exact) mass is 515 g/mol. The highest BCUT2D eigenvalue weighted by Gasteiger charge is 2.32. The molecule has 2 atom stereocenters. The number of hydrogen-bond donors (Lipinski definition) is 4. The summed E-state index contributed by atoms with van der Waals surface area (Å²) < 4.78 is 5.97. The van der Waals surface area contributed by atoms with E-state index in [1.165, 1.54) is 0 Å². The van der Waals surface area contributed by atoms with Crippen LogP contribution in [0.15, 0.2) is 84.9 Å². The molecule has 1 heterocycles. The number of para-hydroxylation sites is 1. The molecule has 0 saturated carbocycles. The Morgan fingerprint density at radius 1 is 1.00 bits per heavy atom. The number of benzene rings is 3. The first kappa shape index (κ1) is 26.6. The molecule has 0 fully saturated rings. The predicted octanol–water partition coefficient (Wildman–Crippen LogP) is 4.46. The second-order valence-corrected chi connectivity index (χ2v) is 8.97. The van der Waals surface area contributed by atoms with Crippen molar-refractivity contribution in [1.82, 2.24) is 15.4 Å². The van der Waals surface area contributed by atoms with Crippen LogP contribution in [0.25, 0.3) is 10.9 Å². The number of nitrogens with zero attached hydrogens (tertiary/aromatic N) is 2. The quantitative estimate of drug-likeness (QED) is 0.181. The molecule has 2 amide bonds. The van der Waals surface area contributed by atoms with Crippen LogP contribution in [0.5, 0.6) is 5.75 Å². The first-order valence-corrected chi connectivity index (χ1v) is 12.1. The molecule has 0 aliphatic rings. The number of fused-ring (bicyclic) bond motifs is 1. The van der Waals surface area contributed by atoms with Crippen molar-refractivity contribution in [1.29, 1.82) is 0 Å². The highest BCUT2D eigenvalue weighted by Crippen LogP contribution is 2.27. The van der Waals surface area contributed by atoms with Crippen molar-refractivity contribution in [2.24, 2.45) is 5.92 Å². The molecule has 4 rings (SSSR count). The third kappa shape index (κ3) is 6.44. The molecule has 4 aromatic rings. The topological polar surface area (TPSA) is 132 Å². The van der Waals surface area contributed by atoms with E-state index < -0.39 is 24.0 Å². The number of carbonyl (C=O) groups is 2. The molecule has 1 aromatic heterocycles. The fourth-order valence-corrected chi connectivity index (χ4v) is 4.33. The Balaban J connectivity index is 1.47. The summed E-state index contributed by atoms with van der Waals surface area (Å²) in [5.74, 6) is -1.59. The number of aliphatic hydroxyl groups is 1. The smallest absolute Gasteiger partial charge is 0.407 e. The third-order valence-electron chi connectivity index (χ3n) is 6.28. The number of rotatable bonds is 10. The zero-order valence-corrected chi connectivity index (χ0v) is 20.8. The number of hydrogen-bond acceptors (Lipinski definition) is 6. The van der Waals surface area contributed by atoms with Crippen molar-refractivity contribution in [2.75, 3.05) is 6.54 Å². The number of carbonyl (C=O) groups excluding carboxylic acids is 1. The number of pyridine rings is 1. The zero-order chi connectivity index (χ0) is 27.1. The van der Waals surface area contributed by atoms with Gasteiger partial charge < -0.3 is 19.8 Å². The van der Waals surface area contributed by atoms with Crippen LogP contribution in [-0.2, 0) is 17.9 Å². The van der Waals surface area contributed by atoms with E-state index in [-0.39, 0.29) is 13.1 Å². The second kappa shape index (κ2) is 12.2. The van der Waals surface area contributed by atoms with E-state index in [4.69, 9.17) is 4.74 Å². The lowest BCUT2D eigenvalue weighted by Gasteiger charge is -2.27. The Labute approximate surface area is 219 Å². The van der Waals surface area contributed by atoms with Gasteiger partial charge in [0.15, 0.2) is 0 Å². The minimum absolute atomic E-state index is 0.0219. The van der Waals surface area contributed by atoms with Crippen LogP contribution < -0.4 is 10.2 Å². The average Bonchev–Trinajstić information content (AvgIpc) is 2.93. The Hall–Kier alpha value is -4.47. The van der Waals surface area contributed by atoms with Gasteiger partial charge in [0.25, 0.3) is 5.91 Å². The van der Waals surface area contributed by atoms with Crippen molar-refractivity contribution >= 4 is 22.9 Å². The van der Waals surface area contributed by atoms with Gasteiger partial charge in [-0.1, -0.05) is 60.7 Å². The van der Waals surface area contributed by atoms with E-state index in [1.807, 2.05) is 43.3 Å². The largest absolute Gasteiger partial charge is 0.489 e. The van der Waals surface area contributed by atoms with Crippen molar-refractivity contribution in [2.45, 2.75) is 26.2 Å². The van der Waals surface area contributed by atoms with Gasteiger partial charge in [0.1, 0.15) is 12.4 Å². The first-order chi connectivity index (χ1) is 18.4. The number of aryl methyl sites for hydroxylation is 1. The molecule has 4 N–H and O–H groups in total. The minimum atomic E-state index is -1.37. The number of ether oxygens (including phenoxy) is 1. The number of hydroxylamine groups is 1. The van der Waals surface area contributed by atoms with Crippen molar-refractivity contribution in [3.8, 4) is 5.75 Å². The number of nitrogens with one attached hydrogen (secondary N) is 1. The van der Waals surface area contributed by atoms with E-state index in [2.05, 4.69) is 4.98 Å².